The van der Waals surface area contributed by atoms with Crippen LogP contribution in [0.5, 0.6) is 0 Å². The van der Waals surface area contributed by atoms with Crippen molar-refractivity contribution in [3.05, 3.63) is 11.6 Å². The van der Waals surface area contributed by atoms with Gasteiger partial charge in [0, 0.05) is 11.8 Å². The summed E-state index contributed by atoms with van der Waals surface area (Å²) in [6, 6.07) is 0. The van der Waals surface area contributed by atoms with Gasteiger partial charge in [-0.1, -0.05) is 13.8 Å². The van der Waals surface area contributed by atoms with Crippen molar-refractivity contribution < 1.29 is 14.3 Å². The summed E-state index contributed by atoms with van der Waals surface area (Å²) in [6.45, 7) is 7.01. The van der Waals surface area contributed by atoms with Crippen LogP contribution in [0.25, 0.3) is 0 Å². The smallest absolute Gasteiger partial charge is 0.192 e. The van der Waals surface area contributed by atoms with Gasteiger partial charge in [0.2, 0.25) is 0 Å². The minimum absolute atomic E-state index is 0.166. The number of carbonyl (C=O) groups is 1. The van der Waals surface area contributed by atoms with Crippen LogP contribution < -0.4 is 0 Å². The monoisotopic (exact) mass is 196 g/mol. The Morgan fingerprint density at radius 2 is 1.86 bits per heavy atom. The highest BCUT2D eigenvalue weighted by Crippen LogP contribution is 2.43. The molecule has 0 N–H and O–H groups in total. The van der Waals surface area contributed by atoms with Crippen LogP contribution in [0.4, 0.5) is 0 Å². The number of ketones is 1. The Labute approximate surface area is 84.1 Å². The fourth-order valence-corrected chi connectivity index (χ4v) is 2.09. The molecule has 14 heavy (non-hydrogen) atoms. The first-order chi connectivity index (χ1) is 6.46. The quantitative estimate of drug-likeness (QED) is 0.591. The van der Waals surface area contributed by atoms with E-state index >= 15 is 0 Å². The van der Waals surface area contributed by atoms with Crippen molar-refractivity contribution in [1.29, 1.82) is 0 Å². The van der Waals surface area contributed by atoms with Gasteiger partial charge in [-0.15, -0.1) is 0 Å². The number of hydrogen-bond acceptors (Lipinski definition) is 3. The molecule has 2 aliphatic rings. The van der Waals surface area contributed by atoms with Gasteiger partial charge in [0.05, 0.1) is 13.2 Å². The van der Waals surface area contributed by atoms with Crippen molar-refractivity contribution in [2.75, 3.05) is 13.2 Å². The van der Waals surface area contributed by atoms with E-state index in [-0.39, 0.29) is 11.2 Å². The zero-order valence-electron chi connectivity index (χ0n) is 8.92. The van der Waals surface area contributed by atoms with Crippen LogP contribution in [0.15, 0.2) is 11.6 Å². The van der Waals surface area contributed by atoms with Crippen LogP contribution in [0.2, 0.25) is 0 Å². The maximum absolute atomic E-state index is 11.7. The van der Waals surface area contributed by atoms with E-state index in [0.29, 0.717) is 19.6 Å². The maximum Gasteiger partial charge on any atom is 0.192 e. The van der Waals surface area contributed by atoms with Crippen LogP contribution >= 0.6 is 0 Å². The normalized spacial score (nSPS) is 29.4. The average molecular weight is 196 g/mol. The molecule has 1 aliphatic carbocycles. The molecule has 0 unspecified atom stereocenters. The van der Waals surface area contributed by atoms with E-state index in [0.717, 1.165) is 5.57 Å². The predicted octanol–water partition coefficient (Wildman–Crippen LogP) is 1.67. The van der Waals surface area contributed by atoms with E-state index in [1.165, 1.54) is 0 Å². The number of allylic oxidation sites excluding steroid dienone is 1. The van der Waals surface area contributed by atoms with Crippen molar-refractivity contribution in [1.82, 2.24) is 0 Å². The Hall–Kier alpha value is -0.670. The Morgan fingerprint density at radius 3 is 2.43 bits per heavy atom. The van der Waals surface area contributed by atoms with E-state index in [4.69, 9.17) is 9.47 Å². The molecule has 1 spiro atoms. The molecule has 1 fully saturated rings. The van der Waals surface area contributed by atoms with E-state index in [2.05, 4.69) is 0 Å². The van der Waals surface area contributed by atoms with Gasteiger partial charge in [0.15, 0.2) is 11.6 Å². The second kappa shape index (κ2) is 2.91. The topological polar surface area (TPSA) is 35.5 Å². The Kier molecular flexibility index (Phi) is 2.05. The molecule has 0 radical (unpaired) electrons. The fourth-order valence-electron chi connectivity index (χ4n) is 2.09. The molecule has 3 nitrogen and oxygen atoms in total. The molecule has 1 aliphatic heterocycles. The molecule has 0 aromatic carbocycles. The molecular weight excluding hydrogens is 180 g/mol. The van der Waals surface area contributed by atoms with Crippen LogP contribution in [0.1, 0.15) is 27.2 Å². The van der Waals surface area contributed by atoms with Crippen LogP contribution in [-0.2, 0) is 14.3 Å². The molecule has 0 saturated carbocycles. The third kappa shape index (κ3) is 1.31. The molecule has 78 valence electrons. The number of carbonyl (C=O) groups excluding carboxylic acids is 1. The van der Waals surface area contributed by atoms with Gasteiger partial charge < -0.3 is 9.47 Å². The third-order valence-corrected chi connectivity index (χ3v) is 3.04. The lowest BCUT2D eigenvalue weighted by molar-refractivity contribution is -0.162. The molecular formula is C11H16O3. The fraction of sp³-hybridized carbons (Fsp3) is 0.727. The van der Waals surface area contributed by atoms with Gasteiger partial charge in [-0.3, -0.25) is 4.79 Å². The highest BCUT2D eigenvalue weighted by molar-refractivity contribution is 5.96. The minimum Gasteiger partial charge on any atom is -0.344 e. The maximum atomic E-state index is 11.7. The van der Waals surface area contributed by atoms with Gasteiger partial charge in [0.25, 0.3) is 0 Å². The Bertz CT molecular complexity index is 296. The third-order valence-electron chi connectivity index (χ3n) is 3.04. The van der Waals surface area contributed by atoms with Crippen molar-refractivity contribution in [3.8, 4) is 0 Å². The highest BCUT2D eigenvalue weighted by atomic mass is 16.7. The zero-order chi connectivity index (χ0) is 10.4. The zero-order valence-corrected chi connectivity index (χ0v) is 8.92. The summed E-state index contributed by atoms with van der Waals surface area (Å²) in [5.41, 5.74) is 0.531. The second-order valence-corrected chi connectivity index (χ2v) is 4.70. The standard InChI is InChI=1S/C11H16O3/c1-8-6-9(12)10(2,3)7-11(8)13-4-5-14-11/h6H,4-5,7H2,1-3H3. The summed E-state index contributed by atoms with van der Waals surface area (Å²) in [4.78, 5) is 11.7. The first-order valence-electron chi connectivity index (χ1n) is 4.97. The molecule has 1 saturated heterocycles. The van der Waals surface area contributed by atoms with Crippen molar-refractivity contribution in [3.63, 3.8) is 0 Å². The number of ether oxygens (including phenoxy) is 2. The molecule has 1 heterocycles. The Balaban J connectivity index is 2.37. The summed E-state index contributed by atoms with van der Waals surface area (Å²) in [5, 5.41) is 0. The number of hydrogen-bond donors (Lipinski definition) is 0. The van der Waals surface area contributed by atoms with E-state index < -0.39 is 5.79 Å². The first-order valence-corrected chi connectivity index (χ1v) is 4.97. The van der Waals surface area contributed by atoms with Gasteiger partial charge in [-0.25, -0.2) is 0 Å². The molecule has 0 amide bonds. The summed E-state index contributed by atoms with van der Waals surface area (Å²) >= 11 is 0. The van der Waals surface area contributed by atoms with Crippen LogP contribution in [0.3, 0.4) is 0 Å². The lowest BCUT2D eigenvalue weighted by Gasteiger charge is -2.38. The summed E-state index contributed by atoms with van der Waals surface area (Å²) in [6.07, 6.45) is 2.29. The molecule has 3 heteroatoms. The van der Waals surface area contributed by atoms with Gasteiger partial charge in [-0.05, 0) is 18.6 Å². The Morgan fingerprint density at radius 1 is 1.29 bits per heavy atom. The van der Waals surface area contributed by atoms with Gasteiger partial charge in [0.1, 0.15) is 0 Å². The molecule has 0 atom stereocenters. The molecule has 0 bridgehead atoms. The van der Waals surface area contributed by atoms with E-state index in [1.807, 2.05) is 20.8 Å². The van der Waals surface area contributed by atoms with Crippen molar-refractivity contribution in [2.45, 2.75) is 33.0 Å². The lowest BCUT2D eigenvalue weighted by atomic mass is 9.74. The summed E-state index contributed by atoms with van der Waals surface area (Å²) < 4.78 is 11.3. The average Bonchev–Trinajstić information content (AvgIpc) is 2.51. The molecule has 2 rings (SSSR count). The SMILES string of the molecule is CC1=CC(=O)C(C)(C)CC12OCCO2. The largest absolute Gasteiger partial charge is 0.344 e. The van der Waals surface area contributed by atoms with Crippen LogP contribution in [0, 0.1) is 5.41 Å². The first kappa shape index (κ1) is 9.87. The second-order valence-electron chi connectivity index (χ2n) is 4.70. The van der Waals surface area contributed by atoms with Crippen molar-refractivity contribution >= 4 is 5.78 Å². The summed E-state index contributed by atoms with van der Waals surface area (Å²) in [7, 11) is 0. The molecule has 0 aromatic heterocycles. The molecule has 0 aromatic rings. The summed E-state index contributed by atoms with van der Waals surface area (Å²) in [5.74, 6) is -0.447. The van der Waals surface area contributed by atoms with E-state index in [9.17, 15) is 4.79 Å². The van der Waals surface area contributed by atoms with Crippen LogP contribution in [-0.4, -0.2) is 24.8 Å². The van der Waals surface area contributed by atoms with Crippen molar-refractivity contribution in [2.24, 2.45) is 5.41 Å². The number of rotatable bonds is 0. The van der Waals surface area contributed by atoms with E-state index in [1.54, 1.807) is 6.08 Å². The van der Waals surface area contributed by atoms with Gasteiger partial charge in [-0.2, -0.15) is 0 Å². The van der Waals surface area contributed by atoms with Gasteiger partial charge >= 0.3 is 0 Å². The minimum atomic E-state index is -0.614. The predicted molar refractivity (Wildman–Crippen MR) is 51.8 cm³/mol. The lowest BCUT2D eigenvalue weighted by Crippen LogP contribution is -2.44. The highest BCUT2D eigenvalue weighted by Gasteiger charge is 2.48.